The van der Waals surface area contributed by atoms with Crippen LogP contribution in [0.5, 0.6) is 5.75 Å². The maximum Gasteiger partial charge on any atom is 0.326 e. The van der Waals surface area contributed by atoms with Gasteiger partial charge in [0.2, 0.25) is 5.91 Å². The highest BCUT2D eigenvalue weighted by atomic mass is 16.5. The highest BCUT2D eigenvalue weighted by Gasteiger charge is 2.25. The van der Waals surface area contributed by atoms with Crippen LogP contribution in [0, 0.1) is 11.8 Å². The zero-order valence-corrected chi connectivity index (χ0v) is 20.1. The fraction of sp³-hybridized carbons (Fsp3) is 0.269. The van der Waals surface area contributed by atoms with E-state index in [4.69, 9.17) is 20.8 Å². The molecule has 0 heterocycles. The second-order valence-electron chi connectivity index (χ2n) is 7.94. The number of hydrogen-bond donors (Lipinski definition) is 7. The lowest BCUT2D eigenvalue weighted by atomic mass is 10.1. The molecule has 1 unspecified atom stereocenters. The lowest BCUT2D eigenvalue weighted by molar-refractivity contribution is -0.143. The van der Waals surface area contributed by atoms with Crippen LogP contribution in [0.4, 0.5) is 0 Å². The first kappa shape index (κ1) is 32.1. The first-order valence-corrected chi connectivity index (χ1v) is 11.1. The quantitative estimate of drug-likeness (QED) is 0.111. The molecule has 0 radical (unpaired) electrons. The number of hydroxylamine groups is 1. The Morgan fingerprint density at radius 3 is 1.95 bits per heavy atom. The second-order valence-corrected chi connectivity index (χ2v) is 7.94. The van der Waals surface area contributed by atoms with Crippen LogP contribution in [-0.4, -0.2) is 69.8 Å². The molecule has 39 heavy (non-hydrogen) atoms. The summed E-state index contributed by atoms with van der Waals surface area (Å²) in [7, 11) is 0. The predicted molar refractivity (Wildman–Crippen MR) is 137 cm³/mol. The average Bonchev–Trinajstić information content (AvgIpc) is 2.88. The number of aliphatic carboxylic acids is 1. The van der Waals surface area contributed by atoms with Crippen molar-refractivity contribution in [1.82, 2.24) is 16.1 Å². The Hall–Kier alpha value is -4.93. The number of aliphatic hydroxyl groups is 1. The minimum Gasteiger partial charge on any atom is -0.484 e. The van der Waals surface area contributed by atoms with Crippen molar-refractivity contribution in [1.29, 1.82) is 0 Å². The molecule has 2 aromatic carbocycles. The molecule has 13 heteroatoms. The first-order valence-electron chi connectivity index (χ1n) is 11.1. The molecule has 3 atom stereocenters. The summed E-state index contributed by atoms with van der Waals surface area (Å²) in [5.41, 5.74) is 7.76. The van der Waals surface area contributed by atoms with E-state index in [2.05, 4.69) is 22.5 Å². The maximum atomic E-state index is 12.3. The van der Waals surface area contributed by atoms with Crippen LogP contribution in [0.3, 0.4) is 0 Å². The van der Waals surface area contributed by atoms with Crippen molar-refractivity contribution in [2.75, 3.05) is 6.61 Å². The molecule has 0 saturated carbocycles. The minimum absolute atomic E-state index is 0. The van der Waals surface area contributed by atoms with Crippen LogP contribution in [0.25, 0.3) is 0 Å². The molecule has 208 valence electrons. The molecule has 13 nitrogen and oxygen atoms in total. The van der Waals surface area contributed by atoms with Crippen molar-refractivity contribution < 1.29 is 44.1 Å². The summed E-state index contributed by atoms with van der Waals surface area (Å²) in [6.07, 6.45) is -1.78. The van der Waals surface area contributed by atoms with Gasteiger partial charge in [-0.05, 0) is 55.5 Å². The van der Waals surface area contributed by atoms with Gasteiger partial charge in [0, 0.05) is 16.7 Å². The second kappa shape index (κ2) is 15.4. The Morgan fingerprint density at radius 1 is 0.949 bits per heavy atom. The number of nitrogens with two attached hydrogens (primary N) is 1. The number of benzene rings is 2. The van der Waals surface area contributed by atoms with Gasteiger partial charge in [-0.3, -0.25) is 24.4 Å². The number of carbonyl (C=O) groups excluding carboxylic acids is 4. The van der Waals surface area contributed by atoms with Gasteiger partial charge in [0.15, 0.2) is 6.61 Å². The molecule has 0 aliphatic heterocycles. The average molecular weight is 543 g/mol. The topological polar surface area (TPSA) is 217 Å². The van der Waals surface area contributed by atoms with E-state index in [1.54, 1.807) is 36.4 Å². The van der Waals surface area contributed by atoms with Gasteiger partial charge in [0.05, 0.1) is 12.5 Å². The van der Waals surface area contributed by atoms with E-state index < -0.39 is 60.8 Å². The lowest BCUT2D eigenvalue weighted by Crippen LogP contribution is -2.51. The number of hydrogen-bond acceptors (Lipinski definition) is 8. The molecule has 0 spiro atoms. The molecular weight excluding hydrogens is 512 g/mol. The molecule has 0 aliphatic rings. The van der Waals surface area contributed by atoms with E-state index in [-0.39, 0.29) is 13.0 Å². The van der Waals surface area contributed by atoms with Gasteiger partial charge < -0.3 is 31.3 Å². The summed E-state index contributed by atoms with van der Waals surface area (Å²) >= 11 is 0. The number of carboxylic acids is 1. The number of amides is 4. The van der Waals surface area contributed by atoms with E-state index in [0.717, 1.165) is 0 Å². The van der Waals surface area contributed by atoms with Crippen LogP contribution in [-0.2, 0) is 19.2 Å². The predicted octanol–water partition coefficient (Wildman–Crippen LogP) is -0.469. The molecule has 0 aromatic heterocycles. The lowest BCUT2D eigenvalue weighted by Gasteiger charge is -2.19. The van der Waals surface area contributed by atoms with E-state index >= 15 is 0 Å². The molecule has 0 bridgehead atoms. The van der Waals surface area contributed by atoms with Crippen LogP contribution in [0.15, 0.2) is 48.5 Å². The molecule has 0 fully saturated rings. The van der Waals surface area contributed by atoms with Crippen molar-refractivity contribution in [3.63, 3.8) is 0 Å². The zero-order valence-electron chi connectivity index (χ0n) is 20.1. The summed E-state index contributed by atoms with van der Waals surface area (Å²) < 4.78 is 5.31. The van der Waals surface area contributed by atoms with Gasteiger partial charge in [0.1, 0.15) is 17.8 Å². The van der Waals surface area contributed by atoms with Crippen molar-refractivity contribution in [3.8, 4) is 17.6 Å². The first-order chi connectivity index (χ1) is 18.0. The summed E-state index contributed by atoms with van der Waals surface area (Å²) in [6, 6.07) is 9.75. The number of nitrogens with one attached hydrogen (secondary N) is 3. The summed E-state index contributed by atoms with van der Waals surface area (Å²) in [6.45, 7) is 0.815. The third-order valence-corrected chi connectivity index (χ3v) is 4.92. The van der Waals surface area contributed by atoms with Crippen LogP contribution in [0.2, 0.25) is 0 Å². The van der Waals surface area contributed by atoms with Gasteiger partial charge in [-0.2, -0.15) is 0 Å². The Bertz CT molecular complexity index is 1230. The molecule has 4 amide bonds. The molecule has 0 aliphatic carbocycles. The Balaban J connectivity index is 0.00000760. The van der Waals surface area contributed by atoms with E-state index in [9.17, 15) is 29.1 Å². The fourth-order valence-electron chi connectivity index (χ4n) is 2.97. The number of carbonyl (C=O) groups is 5. The van der Waals surface area contributed by atoms with E-state index in [1.807, 2.05) is 0 Å². The number of ether oxygens (including phenoxy) is 1. The van der Waals surface area contributed by atoms with Gasteiger partial charge >= 0.3 is 5.97 Å². The molecule has 8 N–H and O–H groups in total. The smallest absolute Gasteiger partial charge is 0.326 e. The summed E-state index contributed by atoms with van der Waals surface area (Å²) in [5.74, 6) is 1.57. The number of rotatable bonds is 11. The highest BCUT2D eigenvalue weighted by Crippen LogP contribution is 2.12. The third-order valence-electron chi connectivity index (χ3n) is 4.92. The van der Waals surface area contributed by atoms with E-state index in [1.165, 1.54) is 24.5 Å². The molecular formula is C26H30N4O9. The van der Waals surface area contributed by atoms with Gasteiger partial charge in [0.25, 0.3) is 17.7 Å². The fourth-order valence-corrected chi connectivity index (χ4v) is 2.97. The zero-order chi connectivity index (χ0) is 28.2. The Labute approximate surface area is 224 Å². The maximum absolute atomic E-state index is 12.3. The monoisotopic (exact) mass is 542 g/mol. The highest BCUT2D eigenvalue weighted by molar-refractivity contribution is 5.97. The standard InChI is InChI=1S/C25H26N4O9.CH4/c1-14(30)22(24(34)29-37)28-23(33)17-8-4-15(5-9-17)2-3-16-6-10-18(11-7-16)38-13-21(32)27-19(25(35)36)12-20(26)31;/h4-11,14,19,22,30,37H,12-13H2,1H3,(H2,26,31)(H,27,32)(H,28,33)(H,29,34)(H,35,36);1H4/t14-,19?,22+;/m1./s1. The number of aliphatic hydroxyl groups excluding tert-OH is 1. The largest absolute Gasteiger partial charge is 0.484 e. The van der Waals surface area contributed by atoms with Crippen LogP contribution >= 0.6 is 0 Å². The van der Waals surface area contributed by atoms with Crippen molar-refractivity contribution >= 4 is 29.6 Å². The number of primary amides is 1. The Morgan fingerprint density at radius 2 is 1.49 bits per heavy atom. The summed E-state index contributed by atoms with van der Waals surface area (Å²) in [5, 5.41) is 31.8. The van der Waals surface area contributed by atoms with Gasteiger partial charge in [-0.25, -0.2) is 10.3 Å². The van der Waals surface area contributed by atoms with E-state index in [0.29, 0.717) is 16.9 Å². The molecule has 2 rings (SSSR count). The molecule has 2 aromatic rings. The van der Waals surface area contributed by atoms with Crippen molar-refractivity contribution in [3.05, 3.63) is 65.2 Å². The third kappa shape index (κ3) is 10.5. The van der Waals surface area contributed by atoms with Crippen LogP contribution in [0.1, 0.15) is 42.3 Å². The van der Waals surface area contributed by atoms with Crippen molar-refractivity contribution in [2.24, 2.45) is 5.73 Å². The van der Waals surface area contributed by atoms with Gasteiger partial charge in [-0.15, -0.1) is 0 Å². The summed E-state index contributed by atoms with van der Waals surface area (Å²) in [4.78, 5) is 57.7. The Kier molecular flexibility index (Phi) is 12.6. The van der Waals surface area contributed by atoms with Crippen molar-refractivity contribution in [2.45, 2.75) is 39.0 Å². The van der Waals surface area contributed by atoms with Gasteiger partial charge in [-0.1, -0.05) is 19.3 Å². The number of carboxylic acid groups (broad SMARTS) is 1. The minimum atomic E-state index is -1.45. The molecule has 0 saturated heterocycles. The normalized spacial score (nSPS) is 12.2. The van der Waals surface area contributed by atoms with Crippen LogP contribution < -0.4 is 26.6 Å². The SMILES string of the molecule is C.C[C@@H](O)[C@H](NC(=O)c1ccc(C#Cc2ccc(OCC(=O)NC(CC(N)=O)C(=O)O)cc2)cc1)C(=O)NO.